The van der Waals surface area contributed by atoms with E-state index < -0.39 is 23.7 Å². The largest absolute Gasteiger partial charge is 0.507 e. The highest BCUT2D eigenvalue weighted by molar-refractivity contribution is 7.17. The quantitative estimate of drug-likeness (QED) is 0.209. The number of nitrogens with zero attached hydrogens (tertiary/aromatic N) is 2. The Kier molecular flexibility index (Phi) is 7.21. The standard InChI is InChI=1S/C27H26N2O6S/c1-5-13-35-19-8-6-7-18(14-19)22(30)20-21(17-11-9-15(2)10-12-17)29(25(32)23(20)31)27-28-16(3)24(36-27)26(33)34-4/h6-12,14,21,30H,5,13H2,1-4H3/b22-20+. The van der Waals surface area contributed by atoms with Crippen LogP contribution in [-0.4, -0.2) is 41.5 Å². The molecule has 1 aromatic heterocycles. The minimum Gasteiger partial charge on any atom is -0.507 e. The highest BCUT2D eigenvalue weighted by atomic mass is 32.1. The summed E-state index contributed by atoms with van der Waals surface area (Å²) in [7, 11) is 1.26. The van der Waals surface area contributed by atoms with Gasteiger partial charge in [-0.3, -0.25) is 14.5 Å². The lowest BCUT2D eigenvalue weighted by Gasteiger charge is -2.23. The molecule has 0 aliphatic carbocycles. The molecule has 0 radical (unpaired) electrons. The van der Waals surface area contributed by atoms with Crippen LogP contribution in [0.1, 0.15) is 51.4 Å². The van der Waals surface area contributed by atoms with Crippen molar-refractivity contribution < 1.29 is 29.0 Å². The molecule has 0 spiro atoms. The third-order valence-corrected chi connectivity index (χ3v) is 6.92. The van der Waals surface area contributed by atoms with Crippen LogP contribution in [0.2, 0.25) is 0 Å². The van der Waals surface area contributed by atoms with Gasteiger partial charge in [0.15, 0.2) is 5.13 Å². The molecule has 1 aliphatic heterocycles. The fraction of sp³-hybridized carbons (Fsp3) is 0.259. The number of hydrogen-bond acceptors (Lipinski definition) is 8. The second-order valence-electron chi connectivity index (χ2n) is 8.36. The number of aliphatic hydroxyl groups is 1. The second kappa shape index (κ2) is 10.3. The average Bonchev–Trinajstić information content (AvgIpc) is 3.39. The zero-order valence-electron chi connectivity index (χ0n) is 20.4. The first-order chi connectivity index (χ1) is 17.3. The van der Waals surface area contributed by atoms with E-state index >= 15 is 0 Å². The zero-order chi connectivity index (χ0) is 26.0. The fourth-order valence-corrected chi connectivity index (χ4v) is 4.98. The van der Waals surface area contributed by atoms with Crippen LogP contribution in [-0.2, 0) is 14.3 Å². The molecular weight excluding hydrogens is 480 g/mol. The predicted octanol–water partition coefficient (Wildman–Crippen LogP) is 4.96. The van der Waals surface area contributed by atoms with E-state index in [0.717, 1.165) is 23.3 Å². The van der Waals surface area contributed by atoms with E-state index in [-0.39, 0.29) is 21.3 Å². The number of thiazole rings is 1. The Bertz CT molecular complexity index is 1360. The van der Waals surface area contributed by atoms with E-state index in [1.54, 1.807) is 43.3 Å². The van der Waals surface area contributed by atoms with E-state index in [2.05, 4.69) is 4.98 Å². The van der Waals surface area contributed by atoms with Gasteiger partial charge in [-0.05, 0) is 38.0 Å². The van der Waals surface area contributed by atoms with Gasteiger partial charge in [-0.25, -0.2) is 9.78 Å². The number of Topliss-reactive ketones (excluding diaryl/α,β-unsaturated/α-hetero) is 1. The summed E-state index contributed by atoms with van der Waals surface area (Å²) in [5.41, 5.74) is 2.28. The Labute approximate surface area is 212 Å². The summed E-state index contributed by atoms with van der Waals surface area (Å²) < 4.78 is 10.5. The molecule has 3 aromatic rings. The molecule has 2 heterocycles. The van der Waals surface area contributed by atoms with Crippen molar-refractivity contribution in [3.63, 3.8) is 0 Å². The van der Waals surface area contributed by atoms with E-state index in [4.69, 9.17) is 9.47 Å². The molecule has 0 bridgehead atoms. The summed E-state index contributed by atoms with van der Waals surface area (Å²) in [6.45, 7) is 6.05. The normalized spacial score (nSPS) is 16.9. The number of methoxy groups -OCH3 is 1. The lowest BCUT2D eigenvalue weighted by Crippen LogP contribution is -2.29. The van der Waals surface area contributed by atoms with Crippen molar-refractivity contribution in [3.8, 4) is 5.75 Å². The Morgan fingerprint density at radius 2 is 1.86 bits per heavy atom. The van der Waals surface area contributed by atoms with Gasteiger partial charge in [0.05, 0.1) is 31.0 Å². The Balaban J connectivity index is 1.89. The SMILES string of the molecule is CCCOc1cccc(/C(O)=C2\C(=O)C(=O)N(c3nc(C)c(C(=O)OC)s3)C2c2ccc(C)cc2)c1. The first kappa shape index (κ1) is 25.1. The second-order valence-corrected chi connectivity index (χ2v) is 9.34. The maximum absolute atomic E-state index is 13.3. The topological polar surface area (TPSA) is 106 Å². The fourth-order valence-electron chi connectivity index (χ4n) is 3.97. The summed E-state index contributed by atoms with van der Waals surface area (Å²) in [6, 6.07) is 13.1. The van der Waals surface area contributed by atoms with E-state index in [9.17, 15) is 19.5 Å². The summed E-state index contributed by atoms with van der Waals surface area (Å²) in [6.07, 6.45) is 0.815. The lowest BCUT2D eigenvalue weighted by molar-refractivity contribution is -0.132. The van der Waals surface area contributed by atoms with Gasteiger partial charge in [0, 0.05) is 5.56 Å². The molecule has 4 rings (SSSR count). The van der Waals surface area contributed by atoms with E-state index in [1.165, 1.54) is 12.0 Å². The molecule has 1 saturated heterocycles. The monoisotopic (exact) mass is 506 g/mol. The van der Waals surface area contributed by atoms with Gasteiger partial charge >= 0.3 is 11.9 Å². The zero-order valence-corrected chi connectivity index (χ0v) is 21.2. The van der Waals surface area contributed by atoms with Gasteiger partial charge in [-0.15, -0.1) is 0 Å². The number of amides is 1. The van der Waals surface area contributed by atoms with Crippen LogP contribution in [0.25, 0.3) is 5.76 Å². The van der Waals surface area contributed by atoms with Gasteiger partial charge in [-0.2, -0.15) is 0 Å². The molecule has 1 atom stereocenters. The molecule has 36 heavy (non-hydrogen) atoms. The number of hydrogen-bond donors (Lipinski definition) is 1. The summed E-state index contributed by atoms with van der Waals surface area (Å²) in [4.78, 5) is 44.7. The van der Waals surface area contributed by atoms with Gasteiger partial charge in [0.2, 0.25) is 0 Å². The number of anilines is 1. The number of aryl methyl sites for hydroxylation is 2. The van der Waals surface area contributed by atoms with Crippen LogP contribution in [0.5, 0.6) is 5.75 Å². The molecule has 9 heteroatoms. The maximum Gasteiger partial charge on any atom is 0.350 e. The van der Waals surface area contributed by atoms with Crippen molar-refractivity contribution in [3.05, 3.63) is 81.4 Å². The van der Waals surface area contributed by atoms with Gasteiger partial charge in [0.25, 0.3) is 5.78 Å². The van der Waals surface area contributed by atoms with Crippen LogP contribution in [0.3, 0.4) is 0 Å². The number of rotatable bonds is 7. The first-order valence-corrected chi connectivity index (χ1v) is 12.2. The maximum atomic E-state index is 13.3. The number of ketones is 1. The van der Waals surface area contributed by atoms with Crippen molar-refractivity contribution in [1.29, 1.82) is 0 Å². The molecule has 1 unspecified atom stereocenters. The summed E-state index contributed by atoms with van der Waals surface area (Å²) in [5, 5.41) is 11.5. The van der Waals surface area contributed by atoms with Crippen LogP contribution < -0.4 is 9.64 Å². The molecule has 2 aromatic carbocycles. The Morgan fingerprint density at radius 3 is 2.53 bits per heavy atom. The van der Waals surface area contributed by atoms with E-state index in [0.29, 0.717) is 29.2 Å². The molecule has 186 valence electrons. The average molecular weight is 507 g/mol. The Hall–Kier alpha value is -3.98. The first-order valence-electron chi connectivity index (χ1n) is 11.4. The number of ether oxygens (including phenoxy) is 2. The Morgan fingerprint density at radius 1 is 1.14 bits per heavy atom. The lowest BCUT2D eigenvalue weighted by atomic mass is 9.95. The smallest absolute Gasteiger partial charge is 0.350 e. The van der Waals surface area contributed by atoms with Crippen molar-refractivity contribution in [2.45, 2.75) is 33.2 Å². The van der Waals surface area contributed by atoms with Crippen LogP contribution in [0.15, 0.2) is 54.1 Å². The molecule has 1 aliphatic rings. The third kappa shape index (κ3) is 4.61. The number of esters is 1. The van der Waals surface area contributed by atoms with Crippen molar-refractivity contribution in [2.75, 3.05) is 18.6 Å². The molecule has 1 N–H and O–H groups in total. The van der Waals surface area contributed by atoms with Crippen molar-refractivity contribution in [1.82, 2.24) is 4.98 Å². The summed E-state index contributed by atoms with van der Waals surface area (Å²) >= 11 is 0.961. The van der Waals surface area contributed by atoms with Crippen LogP contribution in [0, 0.1) is 13.8 Å². The number of aromatic nitrogens is 1. The van der Waals surface area contributed by atoms with Crippen molar-refractivity contribution >= 4 is 39.9 Å². The van der Waals surface area contributed by atoms with Crippen LogP contribution in [0.4, 0.5) is 5.13 Å². The van der Waals surface area contributed by atoms with Crippen LogP contribution >= 0.6 is 11.3 Å². The minimum absolute atomic E-state index is 0.0658. The number of aliphatic hydroxyl groups excluding tert-OH is 1. The molecule has 8 nitrogen and oxygen atoms in total. The van der Waals surface area contributed by atoms with Gasteiger partial charge < -0.3 is 14.6 Å². The molecule has 1 fully saturated rings. The highest BCUT2D eigenvalue weighted by Gasteiger charge is 2.48. The number of benzene rings is 2. The molecular formula is C27H26N2O6S. The number of carbonyl (C=O) groups excluding carboxylic acids is 3. The number of carbonyl (C=O) groups is 3. The third-order valence-electron chi connectivity index (χ3n) is 5.78. The molecule has 1 amide bonds. The summed E-state index contributed by atoms with van der Waals surface area (Å²) in [5.74, 6) is -2.04. The highest BCUT2D eigenvalue weighted by Crippen LogP contribution is 2.44. The van der Waals surface area contributed by atoms with Crippen molar-refractivity contribution in [2.24, 2.45) is 0 Å². The predicted molar refractivity (Wildman–Crippen MR) is 136 cm³/mol. The van der Waals surface area contributed by atoms with E-state index in [1.807, 2.05) is 26.0 Å². The van der Waals surface area contributed by atoms with Gasteiger partial charge in [0.1, 0.15) is 16.4 Å². The minimum atomic E-state index is -0.943. The molecule has 0 saturated carbocycles. The van der Waals surface area contributed by atoms with Gasteiger partial charge in [-0.1, -0.05) is 60.2 Å².